The Kier molecular flexibility index (Phi) is 4.35. The van der Waals surface area contributed by atoms with E-state index >= 15 is 0 Å². The molecule has 132 valence electrons. The van der Waals surface area contributed by atoms with Gasteiger partial charge in [-0.2, -0.15) is 0 Å². The molecule has 4 rings (SSSR count). The average Bonchev–Trinajstić information content (AvgIpc) is 2.68. The maximum Gasteiger partial charge on any atom is 0.321 e. The number of hydrogen-bond donors (Lipinski definition) is 1. The molecular weight excluding hydrogens is 328 g/mol. The molecule has 0 bridgehead atoms. The summed E-state index contributed by atoms with van der Waals surface area (Å²) in [5.74, 6) is 1.49. The van der Waals surface area contributed by atoms with Gasteiger partial charge in [-0.3, -0.25) is 0 Å². The van der Waals surface area contributed by atoms with Crippen molar-refractivity contribution < 1.29 is 14.3 Å². The fourth-order valence-electron chi connectivity index (χ4n) is 3.08. The van der Waals surface area contributed by atoms with Crippen molar-refractivity contribution in [1.82, 2.24) is 4.90 Å². The summed E-state index contributed by atoms with van der Waals surface area (Å²) in [7, 11) is 1.78. The van der Waals surface area contributed by atoms with E-state index in [1.54, 1.807) is 11.9 Å². The first kappa shape index (κ1) is 16.3. The smallest absolute Gasteiger partial charge is 0.321 e. The number of urea groups is 1. The van der Waals surface area contributed by atoms with Crippen LogP contribution in [-0.2, 0) is 6.54 Å². The molecule has 3 aromatic rings. The molecule has 3 aromatic carbocycles. The van der Waals surface area contributed by atoms with Crippen molar-refractivity contribution in [3.05, 3.63) is 66.2 Å². The van der Waals surface area contributed by atoms with E-state index in [1.807, 2.05) is 60.7 Å². The summed E-state index contributed by atoms with van der Waals surface area (Å²) in [6.07, 6.45) is 0. The number of anilines is 1. The summed E-state index contributed by atoms with van der Waals surface area (Å²) in [4.78, 5) is 14.3. The van der Waals surface area contributed by atoms with Crippen molar-refractivity contribution in [3.63, 3.8) is 0 Å². The zero-order valence-corrected chi connectivity index (χ0v) is 14.6. The highest BCUT2D eigenvalue weighted by Gasteiger charge is 2.15. The number of carbonyl (C=O) groups excluding carboxylic acids is 1. The Morgan fingerprint density at radius 2 is 1.77 bits per heavy atom. The first-order valence-corrected chi connectivity index (χ1v) is 8.59. The second kappa shape index (κ2) is 6.96. The number of rotatable bonds is 3. The number of hydrogen-bond acceptors (Lipinski definition) is 3. The first-order valence-electron chi connectivity index (χ1n) is 8.59. The summed E-state index contributed by atoms with van der Waals surface area (Å²) in [5.41, 5.74) is 1.80. The molecule has 26 heavy (non-hydrogen) atoms. The van der Waals surface area contributed by atoms with Crippen LogP contribution in [0.5, 0.6) is 11.5 Å². The molecule has 5 nitrogen and oxygen atoms in total. The topological polar surface area (TPSA) is 50.8 Å². The quantitative estimate of drug-likeness (QED) is 0.769. The van der Waals surface area contributed by atoms with Gasteiger partial charge in [-0.1, -0.05) is 42.5 Å². The molecule has 0 saturated carbocycles. The number of amides is 2. The molecule has 1 heterocycles. The molecule has 0 spiro atoms. The molecule has 0 radical (unpaired) electrons. The molecular formula is C21H20N2O3. The van der Waals surface area contributed by atoms with Gasteiger partial charge in [-0.15, -0.1) is 0 Å². The zero-order chi connectivity index (χ0) is 17.9. The van der Waals surface area contributed by atoms with Crippen LogP contribution >= 0.6 is 0 Å². The van der Waals surface area contributed by atoms with Crippen LogP contribution in [0.3, 0.4) is 0 Å². The summed E-state index contributed by atoms with van der Waals surface area (Å²) < 4.78 is 11.1. The lowest BCUT2D eigenvalue weighted by Crippen LogP contribution is -2.31. The Labute approximate surface area is 152 Å². The molecule has 5 heteroatoms. The van der Waals surface area contributed by atoms with E-state index in [1.165, 1.54) is 0 Å². The predicted octanol–water partition coefficient (Wildman–Crippen LogP) is 4.27. The monoisotopic (exact) mass is 348 g/mol. The van der Waals surface area contributed by atoms with Gasteiger partial charge in [0, 0.05) is 19.0 Å². The van der Waals surface area contributed by atoms with Crippen LogP contribution in [0.1, 0.15) is 5.56 Å². The standard InChI is InChI=1S/C21H20N2O3/c1-23(14-15-9-10-19-20(13-15)26-12-11-25-19)21(24)22-18-8-4-6-16-5-2-3-7-17(16)18/h2-10,13H,11-12,14H2,1H3,(H,22,24). The Morgan fingerprint density at radius 1 is 1.00 bits per heavy atom. The molecule has 1 aliphatic rings. The maximum absolute atomic E-state index is 12.6. The van der Waals surface area contributed by atoms with Gasteiger partial charge in [0.25, 0.3) is 0 Å². The normalized spacial score (nSPS) is 12.7. The number of benzene rings is 3. The Morgan fingerprint density at radius 3 is 2.65 bits per heavy atom. The van der Waals surface area contributed by atoms with Crippen LogP contribution in [0.25, 0.3) is 10.8 Å². The number of nitrogens with one attached hydrogen (secondary N) is 1. The maximum atomic E-state index is 12.6. The van der Waals surface area contributed by atoms with Gasteiger partial charge in [-0.05, 0) is 29.1 Å². The van der Waals surface area contributed by atoms with Crippen molar-refractivity contribution in [2.45, 2.75) is 6.54 Å². The highest BCUT2D eigenvalue weighted by Crippen LogP contribution is 2.31. The second-order valence-corrected chi connectivity index (χ2v) is 6.29. The molecule has 0 fully saturated rings. The molecule has 0 aromatic heterocycles. The lowest BCUT2D eigenvalue weighted by atomic mass is 10.1. The zero-order valence-electron chi connectivity index (χ0n) is 14.6. The van der Waals surface area contributed by atoms with Crippen LogP contribution < -0.4 is 14.8 Å². The van der Waals surface area contributed by atoms with E-state index in [0.717, 1.165) is 33.5 Å². The van der Waals surface area contributed by atoms with Crippen molar-refractivity contribution in [3.8, 4) is 11.5 Å². The number of carbonyl (C=O) groups is 1. The molecule has 0 aliphatic carbocycles. The van der Waals surface area contributed by atoms with E-state index in [0.29, 0.717) is 19.8 Å². The van der Waals surface area contributed by atoms with E-state index < -0.39 is 0 Å². The first-order chi connectivity index (χ1) is 12.7. The van der Waals surface area contributed by atoms with E-state index in [-0.39, 0.29) is 6.03 Å². The van der Waals surface area contributed by atoms with Gasteiger partial charge < -0.3 is 19.7 Å². The number of ether oxygens (including phenoxy) is 2. The molecule has 0 atom stereocenters. The third-order valence-electron chi connectivity index (χ3n) is 4.40. The van der Waals surface area contributed by atoms with E-state index in [2.05, 4.69) is 5.32 Å². The highest BCUT2D eigenvalue weighted by molar-refractivity contribution is 6.01. The Balaban J connectivity index is 1.48. The lowest BCUT2D eigenvalue weighted by Gasteiger charge is -2.21. The van der Waals surface area contributed by atoms with E-state index in [9.17, 15) is 4.79 Å². The van der Waals surface area contributed by atoms with Gasteiger partial charge in [-0.25, -0.2) is 4.79 Å². The van der Waals surface area contributed by atoms with Crippen LogP contribution in [-0.4, -0.2) is 31.2 Å². The summed E-state index contributed by atoms with van der Waals surface area (Å²) in [6, 6.07) is 19.5. The van der Waals surface area contributed by atoms with Crippen molar-refractivity contribution in [1.29, 1.82) is 0 Å². The Hall–Kier alpha value is -3.21. The minimum Gasteiger partial charge on any atom is -0.486 e. The van der Waals surface area contributed by atoms with E-state index in [4.69, 9.17) is 9.47 Å². The van der Waals surface area contributed by atoms with Crippen LogP contribution in [0, 0.1) is 0 Å². The van der Waals surface area contributed by atoms with Crippen LogP contribution in [0.2, 0.25) is 0 Å². The highest BCUT2D eigenvalue weighted by atomic mass is 16.6. The number of fused-ring (bicyclic) bond motifs is 2. The fraction of sp³-hybridized carbons (Fsp3) is 0.190. The Bertz CT molecular complexity index is 950. The van der Waals surface area contributed by atoms with Gasteiger partial charge in [0.2, 0.25) is 0 Å². The van der Waals surface area contributed by atoms with Gasteiger partial charge in [0.1, 0.15) is 13.2 Å². The third kappa shape index (κ3) is 3.28. The number of nitrogens with zero attached hydrogens (tertiary/aromatic N) is 1. The summed E-state index contributed by atoms with van der Waals surface area (Å²) >= 11 is 0. The minimum atomic E-state index is -0.156. The molecule has 1 aliphatic heterocycles. The predicted molar refractivity (Wildman–Crippen MR) is 102 cm³/mol. The van der Waals surface area contributed by atoms with Crippen LogP contribution in [0.4, 0.5) is 10.5 Å². The molecule has 0 unspecified atom stereocenters. The molecule has 2 amide bonds. The summed E-state index contributed by atoms with van der Waals surface area (Å²) in [6.45, 7) is 1.60. The van der Waals surface area contributed by atoms with Gasteiger partial charge >= 0.3 is 6.03 Å². The minimum absolute atomic E-state index is 0.156. The SMILES string of the molecule is CN(Cc1ccc2c(c1)OCCO2)C(=O)Nc1cccc2ccccc12. The molecule has 1 N–H and O–H groups in total. The van der Waals surface area contributed by atoms with Crippen molar-refractivity contribution >= 4 is 22.5 Å². The second-order valence-electron chi connectivity index (χ2n) is 6.29. The van der Waals surface area contributed by atoms with Crippen molar-refractivity contribution in [2.75, 3.05) is 25.6 Å². The fourth-order valence-corrected chi connectivity index (χ4v) is 3.08. The van der Waals surface area contributed by atoms with Crippen LogP contribution in [0.15, 0.2) is 60.7 Å². The largest absolute Gasteiger partial charge is 0.486 e. The summed E-state index contributed by atoms with van der Waals surface area (Å²) in [5, 5.41) is 5.12. The van der Waals surface area contributed by atoms with Crippen molar-refractivity contribution in [2.24, 2.45) is 0 Å². The van der Waals surface area contributed by atoms with Gasteiger partial charge in [0.05, 0.1) is 5.69 Å². The third-order valence-corrected chi connectivity index (χ3v) is 4.40. The molecule has 0 saturated heterocycles. The van der Waals surface area contributed by atoms with Gasteiger partial charge in [0.15, 0.2) is 11.5 Å². The average molecular weight is 348 g/mol. The lowest BCUT2D eigenvalue weighted by molar-refractivity contribution is 0.171.